The van der Waals surface area contributed by atoms with Gasteiger partial charge in [0.1, 0.15) is 0 Å². The highest BCUT2D eigenvalue weighted by molar-refractivity contribution is 7.11. The van der Waals surface area contributed by atoms with Gasteiger partial charge < -0.3 is 10.1 Å². The van der Waals surface area contributed by atoms with Gasteiger partial charge in [-0.3, -0.25) is 0 Å². The maximum Gasteiger partial charge on any atom is 0.0957 e. The van der Waals surface area contributed by atoms with Gasteiger partial charge >= 0.3 is 0 Å². The van der Waals surface area contributed by atoms with E-state index in [2.05, 4.69) is 39.9 Å². The lowest BCUT2D eigenvalue weighted by atomic mass is 10.1. The lowest BCUT2D eigenvalue weighted by Gasteiger charge is -2.20. The number of aryl methyl sites for hydroxylation is 1. The highest BCUT2D eigenvalue weighted by atomic mass is 32.1. The molecule has 1 aromatic heterocycles. The van der Waals surface area contributed by atoms with Crippen molar-refractivity contribution >= 4 is 11.3 Å². The molecule has 4 heteroatoms. The van der Waals surface area contributed by atoms with Gasteiger partial charge in [0.05, 0.1) is 16.8 Å². The molecular weight excluding hydrogens is 256 g/mol. The zero-order chi connectivity index (χ0) is 14.5. The quantitative estimate of drug-likeness (QED) is 0.831. The van der Waals surface area contributed by atoms with Gasteiger partial charge in [0, 0.05) is 30.5 Å². The van der Waals surface area contributed by atoms with E-state index in [1.807, 2.05) is 11.3 Å². The van der Waals surface area contributed by atoms with Crippen molar-refractivity contribution in [3.63, 3.8) is 0 Å². The number of ether oxygens (including phenoxy) is 1. The maximum absolute atomic E-state index is 5.33. The van der Waals surface area contributed by atoms with Gasteiger partial charge in [-0.05, 0) is 34.1 Å². The van der Waals surface area contributed by atoms with Gasteiger partial charge in [-0.1, -0.05) is 13.3 Å². The third kappa shape index (κ3) is 6.02. The van der Waals surface area contributed by atoms with Crippen molar-refractivity contribution in [1.82, 2.24) is 10.3 Å². The lowest BCUT2D eigenvalue weighted by molar-refractivity contribution is 0.118. The highest BCUT2D eigenvalue weighted by Gasteiger charge is 2.15. The lowest BCUT2D eigenvalue weighted by Crippen LogP contribution is -2.35. The summed E-state index contributed by atoms with van der Waals surface area (Å²) in [6.07, 6.45) is 3.36. The second kappa shape index (κ2) is 7.36. The van der Waals surface area contributed by atoms with Crippen molar-refractivity contribution in [2.45, 2.75) is 72.1 Å². The fourth-order valence-electron chi connectivity index (χ4n) is 1.77. The van der Waals surface area contributed by atoms with Crippen LogP contribution in [0.25, 0.3) is 0 Å². The van der Waals surface area contributed by atoms with E-state index in [0.717, 1.165) is 25.8 Å². The molecule has 1 atom stereocenters. The van der Waals surface area contributed by atoms with E-state index in [0.29, 0.717) is 0 Å². The van der Waals surface area contributed by atoms with Crippen LogP contribution in [0.2, 0.25) is 0 Å². The average molecular weight is 284 g/mol. The normalized spacial score (nSPS) is 13.8. The largest absolute Gasteiger partial charge is 0.381 e. The summed E-state index contributed by atoms with van der Waals surface area (Å²) in [6, 6.07) is 0. The van der Waals surface area contributed by atoms with Crippen LogP contribution < -0.4 is 5.32 Å². The molecule has 0 aliphatic heterocycles. The molecule has 0 amide bonds. The number of nitrogens with zero attached hydrogens (tertiary/aromatic N) is 1. The monoisotopic (exact) mass is 284 g/mol. The van der Waals surface area contributed by atoms with Crippen LogP contribution in [0.5, 0.6) is 0 Å². The van der Waals surface area contributed by atoms with E-state index < -0.39 is 0 Å². The Balaban J connectivity index is 2.76. The van der Waals surface area contributed by atoms with Crippen LogP contribution in [0, 0.1) is 0 Å². The predicted octanol–water partition coefficient (Wildman–Crippen LogP) is 3.56. The third-order valence-electron chi connectivity index (χ3n) is 2.95. The van der Waals surface area contributed by atoms with E-state index in [9.17, 15) is 0 Å². The second-order valence-corrected chi connectivity index (χ2v) is 7.25. The smallest absolute Gasteiger partial charge is 0.0957 e. The molecule has 0 radical (unpaired) electrons. The van der Waals surface area contributed by atoms with Crippen molar-refractivity contribution < 1.29 is 4.74 Å². The Morgan fingerprint density at radius 1 is 1.37 bits per heavy atom. The summed E-state index contributed by atoms with van der Waals surface area (Å²) < 4.78 is 5.33. The first-order chi connectivity index (χ1) is 8.85. The molecule has 0 aliphatic carbocycles. The first-order valence-electron chi connectivity index (χ1n) is 7.11. The minimum absolute atomic E-state index is 0.146. The minimum Gasteiger partial charge on any atom is -0.381 e. The summed E-state index contributed by atoms with van der Waals surface area (Å²) in [4.78, 5) is 6.17. The Hall–Kier alpha value is -0.450. The number of hydrogen-bond donors (Lipinski definition) is 1. The number of thiazole rings is 1. The van der Waals surface area contributed by atoms with Crippen LogP contribution in [0.4, 0.5) is 0 Å². The number of methoxy groups -OCH3 is 1. The van der Waals surface area contributed by atoms with Crippen molar-refractivity contribution in [2.75, 3.05) is 7.11 Å². The predicted molar refractivity (Wildman–Crippen MR) is 82.9 cm³/mol. The van der Waals surface area contributed by atoms with Crippen LogP contribution in [-0.2, 0) is 24.1 Å². The van der Waals surface area contributed by atoms with Gasteiger partial charge in [0.25, 0.3) is 0 Å². The van der Waals surface area contributed by atoms with E-state index >= 15 is 0 Å². The SMILES string of the molecule is CCCc1nc(CC(C)OC)sc1CNC(C)(C)C. The Kier molecular flexibility index (Phi) is 6.43. The molecule has 1 unspecified atom stereocenters. The first kappa shape index (κ1) is 16.6. The van der Waals surface area contributed by atoms with Crippen molar-refractivity contribution in [3.8, 4) is 0 Å². The molecule has 3 nitrogen and oxygen atoms in total. The number of aromatic nitrogens is 1. The zero-order valence-electron chi connectivity index (χ0n) is 13.2. The summed E-state index contributed by atoms with van der Waals surface area (Å²) in [7, 11) is 1.76. The van der Waals surface area contributed by atoms with Gasteiger partial charge in [0.15, 0.2) is 0 Å². The van der Waals surface area contributed by atoms with E-state index in [1.165, 1.54) is 15.6 Å². The molecule has 0 bridgehead atoms. The number of nitrogens with one attached hydrogen (secondary N) is 1. The fraction of sp³-hybridized carbons (Fsp3) is 0.800. The van der Waals surface area contributed by atoms with Crippen LogP contribution in [0.3, 0.4) is 0 Å². The summed E-state index contributed by atoms with van der Waals surface area (Å²) in [5.41, 5.74) is 1.41. The van der Waals surface area contributed by atoms with Gasteiger partial charge in [-0.15, -0.1) is 11.3 Å². The summed E-state index contributed by atoms with van der Waals surface area (Å²) >= 11 is 1.83. The third-order valence-corrected chi connectivity index (χ3v) is 4.07. The van der Waals surface area contributed by atoms with Crippen molar-refractivity contribution in [2.24, 2.45) is 0 Å². The van der Waals surface area contributed by atoms with E-state index in [-0.39, 0.29) is 11.6 Å². The Morgan fingerprint density at radius 2 is 2.05 bits per heavy atom. The van der Waals surface area contributed by atoms with Crippen LogP contribution >= 0.6 is 11.3 Å². The van der Waals surface area contributed by atoms with Crippen LogP contribution in [0.1, 0.15) is 56.6 Å². The van der Waals surface area contributed by atoms with Crippen molar-refractivity contribution in [1.29, 1.82) is 0 Å². The standard InChI is InChI=1S/C15H28N2OS/c1-7-8-12-13(10-16-15(3,4)5)19-14(17-12)9-11(2)18-6/h11,16H,7-10H2,1-6H3. The van der Waals surface area contributed by atoms with Gasteiger partial charge in [0.2, 0.25) is 0 Å². The molecule has 0 spiro atoms. The van der Waals surface area contributed by atoms with Crippen molar-refractivity contribution in [3.05, 3.63) is 15.6 Å². The van der Waals surface area contributed by atoms with Crippen LogP contribution in [-0.4, -0.2) is 23.7 Å². The number of rotatable bonds is 7. The molecule has 1 rings (SSSR count). The molecule has 1 aromatic rings. The molecule has 0 aliphatic rings. The zero-order valence-corrected chi connectivity index (χ0v) is 14.0. The number of hydrogen-bond acceptors (Lipinski definition) is 4. The highest BCUT2D eigenvalue weighted by Crippen LogP contribution is 2.22. The molecule has 0 saturated carbocycles. The molecular formula is C15H28N2OS. The molecule has 0 saturated heterocycles. The van der Waals surface area contributed by atoms with Gasteiger partial charge in [-0.25, -0.2) is 4.98 Å². The van der Waals surface area contributed by atoms with Crippen LogP contribution in [0.15, 0.2) is 0 Å². The molecule has 1 heterocycles. The molecule has 1 N–H and O–H groups in total. The minimum atomic E-state index is 0.146. The Bertz CT molecular complexity index is 382. The van der Waals surface area contributed by atoms with Gasteiger partial charge in [-0.2, -0.15) is 0 Å². The summed E-state index contributed by atoms with van der Waals surface area (Å²) in [5, 5.41) is 4.75. The fourth-order valence-corrected chi connectivity index (χ4v) is 2.94. The maximum atomic E-state index is 5.33. The summed E-state index contributed by atoms with van der Waals surface area (Å²) in [5.74, 6) is 0. The topological polar surface area (TPSA) is 34.1 Å². The molecule has 0 aromatic carbocycles. The molecule has 110 valence electrons. The molecule has 0 fully saturated rings. The first-order valence-corrected chi connectivity index (χ1v) is 7.92. The average Bonchev–Trinajstić information content (AvgIpc) is 2.68. The molecule has 19 heavy (non-hydrogen) atoms. The Labute approximate surface area is 121 Å². The summed E-state index contributed by atoms with van der Waals surface area (Å²) in [6.45, 7) is 11.8. The van der Waals surface area contributed by atoms with E-state index in [1.54, 1.807) is 7.11 Å². The van der Waals surface area contributed by atoms with E-state index in [4.69, 9.17) is 9.72 Å². The Morgan fingerprint density at radius 3 is 2.58 bits per heavy atom. The second-order valence-electron chi connectivity index (χ2n) is 6.08.